The van der Waals surface area contributed by atoms with Crippen molar-refractivity contribution in [2.75, 3.05) is 19.8 Å². The molecule has 4 heteroatoms. The van der Waals surface area contributed by atoms with Crippen molar-refractivity contribution in [3.63, 3.8) is 0 Å². The van der Waals surface area contributed by atoms with Crippen molar-refractivity contribution >= 4 is 5.91 Å². The summed E-state index contributed by atoms with van der Waals surface area (Å²) in [5, 5.41) is 3.05. The monoisotopic (exact) mass is 339 g/mol. The molecule has 3 rings (SSSR count). The summed E-state index contributed by atoms with van der Waals surface area (Å²) in [6.45, 7) is 3.87. The van der Waals surface area contributed by atoms with E-state index in [1.807, 2.05) is 67.6 Å². The normalized spacial score (nSPS) is 16.6. The van der Waals surface area contributed by atoms with E-state index in [2.05, 4.69) is 5.32 Å². The van der Waals surface area contributed by atoms with E-state index < -0.39 is 5.79 Å². The Bertz CT molecular complexity index is 627. The first kappa shape index (κ1) is 17.6. The number of hydrogen-bond acceptors (Lipinski definition) is 3. The molecule has 1 aliphatic heterocycles. The number of amides is 1. The van der Waals surface area contributed by atoms with E-state index >= 15 is 0 Å². The van der Waals surface area contributed by atoms with Crippen LogP contribution in [0.1, 0.15) is 36.8 Å². The third kappa shape index (κ3) is 4.68. The van der Waals surface area contributed by atoms with Gasteiger partial charge in [-0.25, -0.2) is 0 Å². The Morgan fingerprint density at radius 1 is 1.00 bits per heavy atom. The van der Waals surface area contributed by atoms with Gasteiger partial charge in [-0.15, -0.1) is 0 Å². The predicted octanol–water partition coefficient (Wildman–Crippen LogP) is 3.48. The van der Waals surface area contributed by atoms with Gasteiger partial charge >= 0.3 is 0 Å². The number of rotatable bonds is 6. The van der Waals surface area contributed by atoms with Crippen LogP contribution in [0, 0.1) is 0 Å². The minimum absolute atomic E-state index is 0.00295. The Hall–Kier alpha value is -2.17. The van der Waals surface area contributed by atoms with Crippen molar-refractivity contribution in [3.05, 3.63) is 71.8 Å². The standard InChI is InChI=1S/C21H25NO3/c1-21(24-15-8-16-25-21)13-14-22-20(23)19(17-9-4-2-5-10-17)18-11-6-3-7-12-18/h2-7,9-12,19H,8,13-16H2,1H3,(H,22,23). The second-order valence-electron chi connectivity index (χ2n) is 6.48. The summed E-state index contributed by atoms with van der Waals surface area (Å²) in [5.41, 5.74) is 1.98. The average molecular weight is 339 g/mol. The van der Waals surface area contributed by atoms with Crippen LogP contribution in [0.3, 0.4) is 0 Å². The van der Waals surface area contributed by atoms with Gasteiger partial charge in [-0.3, -0.25) is 4.79 Å². The lowest BCUT2D eigenvalue weighted by molar-refractivity contribution is -0.257. The van der Waals surface area contributed by atoms with Crippen molar-refractivity contribution in [2.45, 2.75) is 31.5 Å². The first-order chi connectivity index (χ1) is 12.2. The first-order valence-corrected chi connectivity index (χ1v) is 8.83. The van der Waals surface area contributed by atoms with Gasteiger partial charge in [0.15, 0.2) is 5.79 Å². The molecule has 1 N–H and O–H groups in total. The molecule has 4 nitrogen and oxygen atoms in total. The summed E-state index contributed by atoms with van der Waals surface area (Å²) in [5.74, 6) is -0.916. The van der Waals surface area contributed by atoms with Crippen LogP contribution in [0.5, 0.6) is 0 Å². The van der Waals surface area contributed by atoms with E-state index in [0.29, 0.717) is 26.2 Å². The molecule has 2 aromatic carbocycles. The minimum atomic E-state index is -0.597. The molecule has 1 amide bonds. The molecule has 0 aliphatic carbocycles. The van der Waals surface area contributed by atoms with E-state index in [4.69, 9.17) is 9.47 Å². The summed E-state index contributed by atoms with van der Waals surface area (Å²) in [6, 6.07) is 19.7. The molecule has 2 aromatic rings. The highest BCUT2D eigenvalue weighted by atomic mass is 16.7. The Morgan fingerprint density at radius 3 is 2.04 bits per heavy atom. The molecule has 1 saturated heterocycles. The van der Waals surface area contributed by atoms with Gasteiger partial charge in [0.2, 0.25) is 5.91 Å². The summed E-state index contributed by atoms with van der Waals surface area (Å²) < 4.78 is 11.4. The van der Waals surface area contributed by atoms with Crippen molar-refractivity contribution in [2.24, 2.45) is 0 Å². The molecule has 0 aromatic heterocycles. The maximum atomic E-state index is 12.9. The highest BCUT2D eigenvalue weighted by Gasteiger charge is 2.29. The van der Waals surface area contributed by atoms with E-state index in [1.54, 1.807) is 0 Å². The molecule has 1 aliphatic rings. The smallest absolute Gasteiger partial charge is 0.232 e. The van der Waals surface area contributed by atoms with Crippen LogP contribution in [-0.2, 0) is 14.3 Å². The largest absolute Gasteiger partial charge is 0.355 e. The van der Waals surface area contributed by atoms with Crippen LogP contribution in [0.25, 0.3) is 0 Å². The molecule has 132 valence electrons. The van der Waals surface area contributed by atoms with Gasteiger partial charge in [-0.1, -0.05) is 60.7 Å². The lowest BCUT2D eigenvalue weighted by Gasteiger charge is -2.34. The first-order valence-electron chi connectivity index (χ1n) is 8.83. The molecule has 0 spiro atoms. The quantitative estimate of drug-likeness (QED) is 0.876. The lowest BCUT2D eigenvalue weighted by atomic mass is 9.90. The van der Waals surface area contributed by atoms with Crippen LogP contribution < -0.4 is 5.32 Å². The minimum Gasteiger partial charge on any atom is -0.355 e. The van der Waals surface area contributed by atoms with Crippen LogP contribution in [-0.4, -0.2) is 31.5 Å². The summed E-state index contributed by atoms with van der Waals surface area (Å²) >= 11 is 0. The Morgan fingerprint density at radius 2 is 1.52 bits per heavy atom. The zero-order valence-electron chi connectivity index (χ0n) is 14.6. The van der Waals surface area contributed by atoms with Gasteiger partial charge in [0, 0.05) is 13.0 Å². The second-order valence-corrected chi connectivity index (χ2v) is 6.48. The molecule has 1 heterocycles. The fraction of sp³-hybridized carbons (Fsp3) is 0.381. The van der Waals surface area contributed by atoms with E-state index in [0.717, 1.165) is 17.5 Å². The number of benzene rings is 2. The zero-order chi connectivity index (χ0) is 17.5. The highest BCUT2D eigenvalue weighted by Crippen LogP contribution is 2.25. The van der Waals surface area contributed by atoms with E-state index in [-0.39, 0.29) is 11.8 Å². The van der Waals surface area contributed by atoms with Gasteiger partial charge in [0.25, 0.3) is 0 Å². The van der Waals surface area contributed by atoms with Gasteiger partial charge < -0.3 is 14.8 Å². The predicted molar refractivity (Wildman–Crippen MR) is 97.3 cm³/mol. The molecule has 1 fully saturated rings. The van der Waals surface area contributed by atoms with Crippen LogP contribution in [0.15, 0.2) is 60.7 Å². The molecule has 0 unspecified atom stereocenters. The Labute approximate surface area is 149 Å². The summed E-state index contributed by atoms with van der Waals surface area (Å²) in [6.07, 6.45) is 1.56. The zero-order valence-corrected chi connectivity index (χ0v) is 14.6. The highest BCUT2D eigenvalue weighted by molar-refractivity contribution is 5.87. The molecule has 0 radical (unpaired) electrons. The Kier molecular flexibility index (Phi) is 5.84. The fourth-order valence-corrected chi connectivity index (χ4v) is 3.12. The summed E-state index contributed by atoms with van der Waals surface area (Å²) in [7, 11) is 0. The number of ether oxygens (including phenoxy) is 2. The molecule has 25 heavy (non-hydrogen) atoms. The number of carbonyl (C=O) groups is 1. The summed E-state index contributed by atoms with van der Waals surface area (Å²) in [4.78, 5) is 12.9. The molecular formula is C21H25NO3. The van der Waals surface area contributed by atoms with Crippen LogP contribution in [0.2, 0.25) is 0 Å². The van der Waals surface area contributed by atoms with Gasteiger partial charge in [0.05, 0.1) is 19.1 Å². The average Bonchev–Trinajstić information content (AvgIpc) is 2.64. The topological polar surface area (TPSA) is 47.6 Å². The van der Waals surface area contributed by atoms with Crippen molar-refractivity contribution in [1.29, 1.82) is 0 Å². The van der Waals surface area contributed by atoms with Crippen molar-refractivity contribution in [3.8, 4) is 0 Å². The van der Waals surface area contributed by atoms with Crippen LogP contribution >= 0.6 is 0 Å². The van der Waals surface area contributed by atoms with Crippen molar-refractivity contribution < 1.29 is 14.3 Å². The fourth-order valence-electron chi connectivity index (χ4n) is 3.12. The van der Waals surface area contributed by atoms with Crippen LogP contribution in [0.4, 0.5) is 0 Å². The van der Waals surface area contributed by atoms with E-state index in [1.165, 1.54) is 0 Å². The SMILES string of the molecule is CC1(CCNC(=O)C(c2ccccc2)c2ccccc2)OCCCO1. The number of hydrogen-bond donors (Lipinski definition) is 1. The van der Waals surface area contributed by atoms with Gasteiger partial charge in [0.1, 0.15) is 0 Å². The molecule has 0 atom stereocenters. The number of nitrogens with one attached hydrogen (secondary N) is 1. The second kappa shape index (κ2) is 8.28. The van der Waals surface area contributed by atoms with Gasteiger partial charge in [-0.05, 0) is 24.5 Å². The molecule has 0 saturated carbocycles. The van der Waals surface area contributed by atoms with Crippen molar-refractivity contribution in [1.82, 2.24) is 5.32 Å². The maximum Gasteiger partial charge on any atom is 0.232 e. The number of carbonyl (C=O) groups excluding carboxylic acids is 1. The Balaban J connectivity index is 1.67. The lowest BCUT2D eigenvalue weighted by Crippen LogP contribution is -2.41. The maximum absolute atomic E-state index is 12.9. The molecule has 0 bridgehead atoms. The van der Waals surface area contributed by atoms with Gasteiger partial charge in [-0.2, -0.15) is 0 Å². The van der Waals surface area contributed by atoms with E-state index in [9.17, 15) is 4.79 Å². The molecular weight excluding hydrogens is 314 g/mol. The third-order valence-corrected chi connectivity index (χ3v) is 4.51. The third-order valence-electron chi connectivity index (χ3n) is 4.51.